The van der Waals surface area contributed by atoms with Crippen molar-refractivity contribution in [2.24, 2.45) is 5.73 Å². The fourth-order valence-electron chi connectivity index (χ4n) is 1.95. The third-order valence-electron chi connectivity index (χ3n) is 2.89. The Morgan fingerprint density at radius 2 is 1.80 bits per heavy atom. The number of nitrogens with zero attached hydrogens (tertiary/aromatic N) is 1. The molecule has 0 radical (unpaired) electrons. The maximum absolute atomic E-state index is 12.6. The molecule has 0 saturated carbocycles. The van der Waals surface area contributed by atoms with Gasteiger partial charge in [0.15, 0.2) is 0 Å². The van der Waals surface area contributed by atoms with Crippen molar-refractivity contribution in [2.45, 2.75) is 25.6 Å². The van der Waals surface area contributed by atoms with Crippen molar-refractivity contribution in [2.75, 3.05) is 0 Å². The Balaban J connectivity index is 2.28. The van der Waals surface area contributed by atoms with Crippen LogP contribution >= 0.6 is 0 Å². The Bertz CT molecular complexity index is 574. The van der Waals surface area contributed by atoms with Gasteiger partial charge in [0.25, 0.3) is 0 Å². The number of rotatable bonds is 3. The van der Waals surface area contributed by atoms with E-state index in [4.69, 9.17) is 5.73 Å². The molecule has 20 heavy (non-hydrogen) atoms. The highest BCUT2D eigenvalue weighted by Crippen LogP contribution is 2.31. The average molecular weight is 280 g/mol. The quantitative estimate of drug-likeness (QED) is 0.932. The molecule has 2 N–H and O–H groups in total. The first-order chi connectivity index (χ1) is 9.36. The monoisotopic (exact) mass is 280 g/mol. The van der Waals surface area contributed by atoms with Crippen LogP contribution in [-0.4, -0.2) is 11.0 Å². The van der Waals surface area contributed by atoms with E-state index in [9.17, 15) is 13.2 Å². The molecule has 0 aliphatic rings. The molecule has 2 nitrogen and oxygen atoms in total. The molecule has 0 bridgehead atoms. The molecule has 0 fully saturated rings. The molecule has 1 heterocycles. The number of hydrogen-bond donors (Lipinski definition) is 1. The summed E-state index contributed by atoms with van der Waals surface area (Å²) >= 11 is 0. The minimum absolute atomic E-state index is 0.0486. The highest BCUT2D eigenvalue weighted by Gasteiger charge is 2.30. The summed E-state index contributed by atoms with van der Waals surface area (Å²) in [5.74, 6) is 0. The number of nitrogens with two attached hydrogens (primary N) is 1. The first-order valence-electron chi connectivity index (χ1n) is 6.24. The minimum Gasteiger partial charge on any atom is -0.328 e. The third kappa shape index (κ3) is 3.57. The summed E-state index contributed by atoms with van der Waals surface area (Å²) in [6.07, 6.45) is -2.45. The zero-order valence-corrected chi connectivity index (χ0v) is 11.0. The van der Waals surface area contributed by atoms with Crippen molar-refractivity contribution in [3.63, 3.8) is 0 Å². The lowest BCUT2D eigenvalue weighted by Crippen LogP contribution is -2.17. The zero-order chi connectivity index (χ0) is 14.8. The number of alkyl halides is 3. The molecule has 0 saturated heterocycles. The molecule has 2 rings (SSSR count). The fourth-order valence-corrected chi connectivity index (χ4v) is 1.95. The van der Waals surface area contributed by atoms with Crippen LogP contribution in [0.5, 0.6) is 0 Å². The predicted octanol–water partition coefficient (Wildman–Crippen LogP) is 3.66. The number of aromatic nitrogens is 1. The molecule has 0 aliphatic heterocycles. The van der Waals surface area contributed by atoms with Crippen molar-refractivity contribution in [1.29, 1.82) is 0 Å². The highest BCUT2D eigenvalue weighted by molar-refractivity contribution is 5.60. The standard InChI is InChI=1S/C15H15F3N2/c1-10(19)8-11-2-4-12(5-3-11)14-9-13(6-7-20-14)15(16,17)18/h2-7,9-10H,8,19H2,1H3. The molecular weight excluding hydrogens is 265 g/mol. The first kappa shape index (κ1) is 14.5. The van der Waals surface area contributed by atoms with Crippen LogP contribution in [0.2, 0.25) is 0 Å². The number of hydrogen-bond acceptors (Lipinski definition) is 2. The molecular formula is C15H15F3N2. The Morgan fingerprint density at radius 3 is 2.35 bits per heavy atom. The van der Waals surface area contributed by atoms with Crippen molar-refractivity contribution in [3.05, 3.63) is 53.7 Å². The first-order valence-corrected chi connectivity index (χ1v) is 6.24. The van der Waals surface area contributed by atoms with Gasteiger partial charge in [-0.2, -0.15) is 13.2 Å². The lowest BCUT2D eigenvalue weighted by atomic mass is 10.0. The van der Waals surface area contributed by atoms with Crippen LogP contribution in [0, 0.1) is 0 Å². The maximum atomic E-state index is 12.6. The van der Waals surface area contributed by atoms with Crippen molar-refractivity contribution < 1.29 is 13.2 Å². The molecule has 1 aromatic heterocycles. The molecule has 1 aromatic carbocycles. The van der Waals surface area contributed by atoms with E-state index in [0.29, 0.717) is 11.3 Å². The Hall–Kier alpha value is -1.88. The molecule has 5 heteroatoms. The second-order valence-corrected chi connectivity index (χ2v) is 4.81. The average Bonchev–Trinajstić information content (AvgIpc) is 2.38. The molecule has 0 aliphatic carbocycles. The molecule has 1 unspecified atom stereocenters. The van der Waals surface area contributed by atoms with Crippen LogP contribution in [-0.2, 0) is 12.6 Å². The largest absolute Gasteiger partial charge is 0.416 e. The van der Waals surface area contributed by atoms with E-state index >= 15 is 0 Å². The SMILES string of the molecule is CC(N)Cc1ccc(-c2cc(C(F)(F)F)ccn2)cc1. The van der Waals surface area contributed by atoms with Gasteiger partial charge in [-0.25, -0.2) is 0 Å². The van der Waals surface area contributed by atoms with Crippen LogP contribution in [0.25, 0.3) is 11.3 Å². The van der Waals surface area contributed by atoms with Gasteiger partial charge in [-0.15, -0.1) is 0 Å². The minimum atomic E-state index is -4.35. The molecule has 1 atom stereocenters. The Morgan fingerprint density at radius 1 is 1.15 bits per heavy atom. The van der Waals surface area contributed by atoms with Gasteiger partial charge >= 0.3 is 6.18 Å². The summed E-state index contributed by atoms with van der Waals surface area (Å²) in [5.41, 5.74) is 7.03. The summed E-state index contributed by atoms with van der Waals surface area (Å²) in [6.45, 7) is 1.91. The Labute approximate surface area is 115 Å². The lowest BCUT2D eigenvalue weighted by molar-refractivity contribution is -0.137. The van der Waals surface area contributed by atoms with Crippen molar-refractivity contribution >= 4 is 0 Å². The van der Waals surface area contributed by atoms with E-state index < -0.39 is 11.7 Å². The van der Waals surface area contributed by atoms with E-state index in [1.54, 1.807) is 12.1 Å². The van der Waals surface area contributed by atoms with Crippen LogP contribution < -0.4 is 5.73 Å². The second-order valence-electron chi connectivity index (χ2n) is 4.81. The normalized spacial score (nSPS) is 13.2. The summed E-state index contributed by atoms with van der Waals surface area (Å²) in [7, 11) is 0. The predicted molar refractivity (Wildman–Crippen MR) is 72.0 cm³/mol. The maximum Gasteiger partial charge on any atom is 0.416 e. The van der Waals surface area contributed by atoms with E-state index in [0.717, 1.165) is 24.1 Å². The van der Waals surface area contributed by atoms with E-state index in [1.807, 2.05) is 19.1 Å². The summed E-state index contributed by atoms with van der Waals surface area (Å²) in [4.78, 5) is 3.99. The Kier molecular flexibility index (Phi) is 4.09. The topological polar surface area (TPSA) is 38.9 Å². The lowest BCUT2D eigenvalue weighted by Gasteiger charge is -2.09. The van der Waals surface area contributed by atoms with Crippen LogP contribution in [0.3, 0.4) is 0 Å². The molecule has 0 amide bonds. The van der Waals surface area contributed by atoms with E-state index in [2.05, 4.69) is 4.98 Å². The summed E-state index contributed by atoms with van der Waals surface area (Å²) < 4.78 is 37.9. The highest BCUT2D eigenvalue weighted by atomic mass is 19.4. The second kappa shape index (κ2) is 5.63. The van der Waals surface area contributed by atoms with Crippen LogP contribution in [0.1, 0.15) is 18.1 Å². The number of halogens is 3. The van der Waals surface area contributed by atoms with Crippen molar-refractivity contribution in [1.82, 2.24) is 4.98 Å². The molecule has 2 aromatic rings. The van der Waals surface area contributed by atoms with Crippen LogP contribution in [0.15, 0.2) is 42.6 Å². The van der Waals surface area contributed by atoms with Gasteiger partial charge in [0.2, 0.25) is 0 Å². The molecule has 0 spiro atoms. The van der Waals surface area contributed by atoms with Crippen molar-refractivity contribution in [3.8, 4) is 11.3 Å². The number of pyridine rings is 1. The van der Waals surface area contributed by atoms with Gasteiger partial charge in [-0.3, -0.25) is 4.98 Å². The van der Waals surface area contributed by atoms with Crippen LogP contribution in [0.4, 0.5) is 13.2 Å². The fraction of sp³-hybridized carbons (Fsp3) is 0.267. The van der Waals surface area contributed by atoms with Gasteiger partial charge in [0.1, 0.15) is 0 Å². The van der Waals surface area contributed by atoms with Gasteiger partial charge in [0.05, 0.1) is 11.3 Å². The van der Waals surface area contributed by atoms with Gasteiger partial charge in [-0.1, -0.05) is 24.3 Å². The van der Waals surface area contributed by atoms with Gasteiger partial charge in [-0.05, 0) is 31.0 Å². The van der Waals surface area contributed by atoms with Gasteiger partial charge < -0.3 is 5.73 Å². The third-order valence-corrected chi connectivity index (χ3v) is 2.89. The van der Waals surface area contributed by atoms with E-state index in [-0.39, 0.29) is 6.04 Å². The van der Waals surface area contributed by atoms with E-state index in [1.165, 1.54) is 6.20 Å². The number of benzene rings is 1. The molecule has 106 valence electrons. The van der Waals surface area contributed by atoms with Gasteiger partial charge in [0, 0.05) is 17.8 Å². The smallest absolute Gasteiger partial charge is 0.328 e. The zero-order valence-electron chi connectivity index (χ0n) is 11.0. The summed E-state index contributed by atoms with van der Waals surface area (Å²) in [5, 5.41) is 0. The summed E-state index contributed by atoms with van der Waals surface area (Å²) in [6, 6.07) is 9.32.